The van der Waals surface area contributed by atoms with Crippen LogP contribution in [-0.2, 0) is 20.9 Å². The number of aldehydes is 1. The summed E-state index contributed by atoms with van der Waals surface area (Å²) >= 11 is 0. The van der Waals surface area contributed by atoms with Crippen LogP contribution < -0.4 is 0 Å². The average Bonchev–Trinajstić information content (AvgIpc) is 3.12. The second-order valence-electron chi connectivity index (χ2n) is 9.28. The minimum Gasteiger partial charge on any atom is -0.391 e. The zero-order chi connectivity index (χ0) is 20.8. The average molecular weight is 416 g/mol. The van der Waals surface area contributed by atoms with E-state index in [4.69, 9.17) is 9.47 Å². The van der Waals surface area contributed by atoms with Crippen LogP contribution in [0, 0.1) is 5.92 Å². The van der Waals surface area contributed by atoms with E-state index in [0.29, 0.717) is 32.7 Å². The highest BCUT2D eigenvalue weighted by molar-refractivity contribution is 5.49. The van der Waals surface area contributed by atoms with Crippen LogP contribution in [0.25, 0.3) is 0 Å². The van der Waals surface area contributed by atoms with Crippen LogP contribution in [0.5, 0.6) is 0 Å². The molecule has 1 aromatic rings. The van der Waals surface area contributed by atoms with E-state index in [1.165, 1.54) is 43.2 Å². The minimum atomic E-state index is -0.404. The summed E-state index contributed by atoms with van der Waals surface area (Å²) in [6.45, 7) is 3.67. The molecule has 5 nitrogen and oxygen atoms in total. The fraction of sp³-hybridized carbons (Fsp3) is 0.720. The second-order valence-corrected chi connectivity index (χ2v) is 9.28. The summed E-state index contributed by atoms with van der Waals surface area (Å²) < 4.78 is 11.8. The van der Waals surface area contributed by atoms with E-state index < -0.39 is 6.10 Å². The van der Waals surface area contributed by atoms with Gasteiger partial charge in [0, 0.05) is 37.9 Å². The Morgan fingerprint density at radius 1 is 1.10 bits per heavy atom. The van der Waals surface area contributed by atoms with Crippen molar-refractivity contribution in [3.05, 3.63) is 35.4 Å². The van der Waals surface area contributed by atoms with Gasteiger partial charge in [0.2, 0.25) is 0 Å². The number of carbonyl (C=O) groups is 1. The molecule has 1 aromatic carbocycles. The molecular weight excluding hydrogens is 378 g/mol. The SMILES string of the molecule is O=CCC[C@H]1[C@H](N2CCOCC2)[C@@H](O)C[C@H]1OCc1ccc(C2CCCCC2)cc1. The third-order valence-electron chi connectivity index (χ3n) is 7.39. The molecule has 5 heteroatoms. The van der Waals surface area contributed by atoms with Gasteiger partial charge in [0.25, 0.3) is 0 Å². The van der Waals surface area contributed by atoms with Crippen molar-refractivity contribution in [2.24, 2.45) is 5.92 Å². The van der Waals surface area contributed by atoms with E-state index >= 15 is 0 Å². The first-order valence-corrected chi connectivity index (χ1v) is 11.9. The third kappa shape index (κ3) is 5.31. The number of carbonyl (C=O) groups excluding carboxylic acids is 1. The van der Waals surface area contributed by atoms with Crippen LogP contribution >= 0.6 is 0 Å². The molecule has 1 heterocycles. The van der Waals surface area contributed by atoms with E-state index in [1.807, 2.05) is 0 Å². The molecule has 0 aromatic heterocycles. The molecule has 30 heavy (non-hydrogen) atoms. The highest BCUT2D eigenvalue weighted by Gasteiger charge is 2.45. The predicted molar refractivity (Wildman–Crippen MR) is 116 cm³/mol. The number of rotatable bonds is 8. The van der Waals surface area contributed by atoms with Gasteiger partial charge in [-0.2, -0.15) is 0 Å². The topological polar surface area (TPSA) is 59.0 Å². The summed E-state index contributed by atoms with van der Waals surface area (Å²) in [6.07, 6.45) is 9.23. The van der Waals surface area contributed by atoms with Crippen molar-refractivity contribution in [2.75, 3.05) is 26.3 Å². The molecule has 0 amide bonds. The van der Waals surface area contributed by atoms with Crippen molar-refractivity contribution < 1.29 is 19.4 Å². The monoisotopic (exact) mass is 415 g/mol. The lowest BCUT2D eigenvalue weighted by atomic mass is 9.84. The number of hydrogen-bond donors (Lipinski definition) is 1. The van der Waals surface area contributed by atoms with Crippen LogP contribution in [0.15, 0.2) is 24.3 Å². The molecule has 1 N–H and O–H groups in total. The van der Waals surface area contributed by atoms with Crippen molar-refractivity contribution >= 4 is 6.29 Å². The molecule has 1 aliphatic heterocycles. The molecule has 0 unspecified atom stereocenters. The highest BCUT2D eigenvalue weighted by atomic mass is 16.5. The Morgan fingerprint density at radius 3 is 2.53 bits per heavy atom. The minimum absolute atomic E-state index is 0.00850. The quantitative estimate of drug-likeness (QED) is 0.657. The van der Waals surface area contributed by atoms with Gasteiger partial charge >= 0.3 is 0 Å². The first-order valence-electron chi connectivity index (χ1n) is 11.9. The Balaban J connectivity index is 1.36. The Bertz CT molecular complexity index is 652. The van der Waals surface area contributed by atoms with Crippen LogP contribution in [0.4, 0.5) is 0 Å². The number of morpholine rings is 1. The van der Waals surface area contributed by atoms with Crippen molar-refractivity contribution in [3.63, 3.8) is 0 Å². The smallest absolute Gasteiger partial charge is 0.120 e. The van der Waals surface area contributed by atoms with Crippen molar-refractivity contribution in [1.82, 2.24) is 4.90 Å². The lowest BCUT2D eigenvalue weighted by molar-refractivity contribution is -0.108. The maximum Gasteiger partial charge on any atom is 0.120 e. The van der Waals surface area contributed by atoms with E-state index in [-0.39, 0.29) is 18.1 Å². The standard InChI is InChI=1S/C25H37NO4/c27-14-4-7-22-24(17-23(28)25(22)26-12-15-29-16-13-26)30-18-19-8-10-21(11-9-19)20-5-2-1-3-6-20/h8-11,14,20,22-25,28H,1-7,12-13,15-18H2/t22-,23+,24-,25+/m1/s1. The maximum absolute atomic E-state index is 11.0. The van der Waals surface area contributed by atoms with Gasteiger partial charge in [-0.25, -0.2) is 0 Å². The maximum atomic E-state index is 11.0. The molecule has 0 spiro atoms. The summed E-state index contributed by atoms with van der Waals surface area (Å²) in [5, 5.41) is 10.8. The second kappa shape index (κ2) is 10.9. The lowest BCUT2D eigenvalue weighted by Crippen LogP contribution is -2.50. The van der Waals surface area contributed by atoms with Crippen LogP contribution in [0.2, 0.25) is 0 Å². The number of ether oxygens (including phenoxy) is 2. The zero-order valence-electron chi connectivity index (χ0n) is 18.1. The number of nitrogens with zero attached hydrogens (tertiary/aromatic N) is 1. The molecule has 166 valence electrons. The van der Waals surface area contributed by atoms with Crippen LogP contribution in [0.1, 0.15) is 68.4 Å². The molecule has 1 saturated heterocycles. The fourth-order valence-electron chi connectivity index (χ4n) is 5.78. The summed E-state index contributed by atoms with van der Waals surface area (Å²) in [6, 6.07) is 9.02. The number of aliphatic hydroxyl groups excluding tert-OH is 1. The van der Waals surface area contributed by atoms with E-state index in [9.17, 15) is 9.90 Å². The predicted octanol–water partition coefficient (Wildman–Crippen LogP) is 3.68. The first kappa shape index (κ1) is 21.9. The van der Waals surface area contributed by atoms with Gasteiger partial charge in [0.05, 0.1) is 32.0 Å². The van der Waals surface area contributed by atoms with Crippen LogP contribution in [-0.4, -0.2) is 60.8 Å². The molecule has 2 saturated carbocycles. The van der Waals surface area contributed by atoms with E-state index in [2.05, 4.69) is 29.2 Å². The Hall–Kier alpha value is -1.27. The van der Waals surface area contributed by atoms with Crippen molar-refractivity contribution in [1.29, 1.82) is 0 Å². The molecule has 0 radical (unpaired) electrons. The molecule has 2 aliphatic carbocycles. The summed E-state index contributed by atoms with van der Waals surface area (Å²) in [5.74, 6) is 0.908. The van der Waals surface area contributed by atoms with Gasteiger partial charge < -0.3 is 19.4 Å². The Kier molecular flexibility index (Phi) is 7.94. The zero-order valence-corrected chi connectivity index (χ0v) is 18.1. The normalized spacial score (nSPS) is 31.1. The van der Waals surface area contributed by atoms with Gasteiger partial charge in [0.15, 0.2) is 0 Å². The summed E-state index contributed by atoms with van der Waals surface area (Å²) in [7, 11) is 0. The molecule has 4 atom stereocenters. The van der Waals surface area contributed by atoms with E-state index in [1.54, 1.807) is 0 Å². The van der Waals surface area contributed by atoms with Crippen molar-refractivity contribution in [3.8, 4) is 0 Å². The van der Waals surface area contributed by atoms with Gasteiger partial charge in [-0.3, -0.25) is 4.90 Å². The van der Waals surface area contributed by atoms with Gasteiger partial charge in [-0.15, -0.1) is 0 Å². The summed E-state index contributed by atoms with van der Waals surface area (Å²) in [5.41, 5.74) is 2.65. The highest BCUT2D eigenvalue weighted by Crippen LogP contribution is 2.37. The number of aliphatic hydroxyl groups is 1. The first-order chi connectivity index (χ1) is 14.8. The fourth-order valence-corrected chi connectivity index (χ4v) is 5.78. The largest absolute Gasteiger partial charge is 0.391 e. The molecule has 3 aliphatic rings. The van der Waals surface area contributed by atoms with Gasteiger partial charge in [-0.05, 0) is 36.3 Å². The van der Waals surface area contributed by atoms with Gasteiger partial charge in [-0.1, -0.05) is 43.5 Å². The molecular formula is C25H37NO4. The Morgan fingerprint density at radius 2 is 1.83 bits per heavy atom. The molecule has 4 rings (SSSR count). The van der Waals surface area contributed by atoms with E-state index in [0.717, 1.165) is 31.7 Å². The number of hydrogen-bond acceptors (Lipinski definition) is 5. The Labute approximate surface area is 180 Å². The third-order valence-corrected chi connectivity index (χ3v) is 7.39. The van der Waals surface area contributed by atoms with Gasteiger partial charge in [0.1, 0.15) is 6.29 Å². The summed E-state index contributed by atoms with van der Waals surface area (Å²) in [4.78, 5) is 13.4. The van der Waals surface area contributed by atoms with Crippen LogP contribution in [0.3, 0.4) is 0 Å². The lowest BCUT2D eigenvalue weighted by Gasteiger charge is -2.37. The molecule has 3 fully saturated rings. The number of benzene rings is 1. The van der Waals surface area contributed by atoms with Crippen molar-refractivity contribution in [2.45, 2.75) is 82.1 Å². The molecule has 0 bridgehead atoms.